The third-order valence-corrected chi connectivity index (χ3v) is 2.61. The minimum Gasteiger partial charge on any atom is -0.872 e. The van der Waals surface area contributed by atoms with Crippen LogP contribution in [-0.2, 0) is 38.1 Å². The molecule has 0 spiro atoms. The van der Waals surface area contributed by atoms with E-state index < -0.39 is 40.8 Å². The molecule has 0 fully saturated rings. The molecule has 0 bridgehead atoms. The van der Waals surface area contributed by atoms with Crippen molar-refractivity contribution in [2.75, 3.05) is 26.4 Å². The van der Waals surface area contributed by atoms with Gasteiger partial charge in [0.1, 0.15) is 18.8 Å². The molecular weight excluding hydrogens is 367 g/mol. The normalized spacial score (nSPS) is 15.6. The predicted molar refractivity (Wildman–Crippen MR) is 71.9 cm³/mol. The first-order valence-corrected chi connectivity index (χ1v) is 6.84. The van der Waals surface area contributed by atoms with Crippen LogP contribution in [-0.4, -0.2) is 55.4 Å². The van der Waals surface area contributed by atoms with Crippen molar-refractivity contribution in [3.8, 4) is 0 Å². The molecule has 0 aromatic heterocycles. The van der Waals surface area contributed by atoms with Gasteiger partial charge in [-0.25, -0.2) is 19.2 Å². The molecule has 1 N–H and O–H groups in total. The Kier molecular flexibility index (Phi) is 10.6. The van der Waals surface area contributed by atoms with Crippen LogP contribution in [0, 0.1) is 0 Å². The molecule has 2 aliphatic heterocycles. The zero-order valence-electron chi connectivity index (χ0n) is 13.9. The Bertz CT molecular complexity index is 565. The summed E-state index contributed by atoms with van der Waals surface area (Å²) in [7, 11) is 0. The van der Waals surface area contributed by atoms with Crippen LogP contribution in [0.2, 0.25) is 0 Å². The van der Waals surface area contributed by atoms with E-state index in [0.29, 0.717) is 0 Å². The molecule has 0 aromatic rings. The summed E-state index contributed by atoms with van der Waals surface area (Å²) in [6, 6.07) is 0. The fourth-order valence-corrected chi connectivity index (χ4v) is 1.59. The third-order valence-electron chi connectivity index (χ3n) is 2.61. The first-order valence-electron chi connectivity index (χ1n) is 6.84. The Hall–Kier alpha value is -1.40. The van der Waals surface area contributed by atoms with Gasteiger partial charge in [0.2, 0.25) is 0 Å². The monoisotopic (exact) mass is 382 g/mol. The summed E-state index contributed by atoms with van der Waals surface area (Å²) in [5.74, 6) is -4.43. The number of esters is 4. The van der Waals surface area contributed by atoms with Crippen molar-refractivity contribution in [3.63, 3.8) is 0 Å². The summed E-state index contributed by atoms with van der Waals surface area (Å²) in [6.07, 6.45) is 0. The van der Waals surface area contributed by atoms with Gasteiger partial charge in [-0.1, -0.05) is 5.76 Å². The molecule has 0 aliphatic carbocycles. The summed E-state index contributed by atoms with van der Waals surface area (Å²) in [5, 5.41) is 19.8. The Morgan fingerprint density at radius 2 is 1.44 bits per heavy atom. The van der Waals surface area contributed by atoms with Crippen molar-refractivity contribution in [3.05, 3.63) is 22.7 Å². The number of carbonyl (C=O) groups excluding carboxylic acids is 4. The van der Waals surface area contributed by atoms with E-state index in [1.165, 1.54) is 0 Å². The van der Waals surface area contributed by atoms with Crippen LogP contribution in [0.15, 0.2) is 22.7 Å². The van der Waals surface area contributed by atoms with Crippen LogP contribution < -0.4 is 56.5 Å². The van der Waals surface area contributed by atoms with E-state index in [0.717, 1.165) is 0 Å². The van der Waals surface area contributed by atoms with Gasteiger partial charge < -0.3 is 29.2 Å². The number of carbonyl (C=O) groups is 4. The molecule has 0 radical (unpaired) electrons. The molecule has 10 nitrogen and oxygen atoms in total. The number of aliphatic hydroxyl groups is 1. The van der Waals surface area contributed by atoms with Crippen LogP contribution in [0.5, 0.6) is 0 Å². The largest absolute Gasteiger partial charge is 1.00 e. The Labute approximate surface area is 185 Å². The second kappa shape index (κ2) is 11.3. The van der Waals surface area contributed by atoms with Crippen LogP contribution >= 0.6 is 0 Å². The minimum atomic E-state index is -0.898. The average molecular weight is 382 g/mol. The van der Waals surface area contributed by atoms with Crippen molar-refractivity contribution in [1.29, 1.82) is 0 Å². The van der Waals surface area contributed by atoms with E-state index in [4.69, 9.17) is 5.11 Å². The predicted octanol–water partition coefficient (Wildman–Crippen LogP) is -4.36. The maximum absolute atomic E-state index is 10.9. The smallest absolute Gasteiger partial charge is 0.872 e. The molecule has 0 unspecified atom stereocenters. The standard InChI is InChI=1S/2C7H8O5.K/c2*1-2-11-6(9)5-4(8)3-12-7(5)10;/h2*8H,2-3H2,1H3;/q;;+1/p-1. The van der Waals surface area contributed by atoms with Gasteiger partial charge in [0.05, 0.1) is 13.2 Å². The first-order chi connectivity index (χ1) is 11.3. The summed E-state index contributed by atoms with van der Waals surface area (Å²) in [5.41, 5.74) is -0.895. The molecule has 0 saturated heterocycles. The van der Waals surface area contributed by atoms with Gasteiger partial charge in [-0.2, -0.15) is 0 Å². The van der Waals surface area contributed by atoms with E-state index >= 15 is 0 Å². The van der Waals surface area contributed by atoms with Gasteiger partial charge >= 0.3 is 75.3 Å². The fraction of sp³-hybridized carbons (Fsp3) is 0.429. The number of ether oxygens (including phenoxy) is 4. The van der Waals surface area contributed by atoms with Crippen molar-refractivity contribution in [2.45, 2.75) is 13.8 Å². The second-order valence-electron chi connectivity index (χ2n) is 4.21. The minimum absolute atomic E-state index is 0. The van der Waals surface area contributed by atoms with Crippen LogP contribution in [0.4, 0.5) is 0 Å². The summed E-state index contributed by atoms with van der Waals surface area (Å²) < 4.78 is 17.7. The Balaban J connectivity index is 0.000000443. The third kappa shape index (κ3) is 6.43. The number of hydrogen-bond donors (Lipinski definition) is 1. The van der Waals surface area contributed by atoms with Gasteiger partial charge in [-0.15, -0.1) is 0 Å². The zero-order valence-corrected chi connectivity index (χ0v) is 17.1. The quantitative estimate of drug-likeness (QED) is 0.219. The maximum atomic E-state index is 10.9. The molecule has 11 heteroatoms. The van der Waals surface area contributed by atoms with E-state index in [9.17, 15) is 24.3 Å². The van der Waals surface area contributed by atoms with Gasteiger partial charge in [0.25, 0.3) is 0 Å². The summed E-state index contributed by atoms with van der Waals surface area (Å²) in [6.45, 7) is 2.88. The van der Waals surface area contributed by atoms with E-state index in [1.807, 2.05) is 0 Å². The topological polar surface area (TPSA) is 148 Å². The number of rotatable bonds is 4. The Morgan fingerprint density at radius 1 is 1.00 bits per heavy atom. The van der Waals surface area contributed by atoms with E-state index in [2.05, 4.69) is 18.9 Å². The molecule has 2 rings (SSSR count). The van der Waals surface area contributed by atoms with Crippen molar-refractivity contribution < 1.29 is 99.7 Å². The molecule has 0 atom stereocenters. The average Bonchev–Trinajstić information content (AvgIpc) is 3.02. The van der Waals surface area contributed by atoms with Gasteiger partial charge in [-0.05, 0) is 13.8 Å². The van der Waals surface area contributed by atoms with Crippen molar-refractivity contribution >= 4 is 23.9 Å². The number of hydrogen-bond acceptors (Lipinski definition) is 10. The molecule has 0 amide bonds. The zero-order chi connectivity index (χ0) is 18.3. The van der Waals surface area contributed by atoms with Crippen LogP contribution in [0.1, 0.15) is 13.8 Å². The fourth-order valence-electron chi connectivity index (χ4n) is 1.59. The van der Waals surface area contributed by atoms with Crippen LogP contribution in [0.25, 0.3) is 0 Å². The SMILES string of the molecule is CCOC(=O)C1=C(O)COC1=O.CCOC(=O)C1=C([O-])COC1=O.[K+]. The molecular formula is C14H15KO10. The van der Waals surface area contributed by atoms with Gasteiger partial charge in [0.15, 0.2) is 11.3 Å². The Morgan fingerprint density at radius 3 is 1.80 bits per heavy atom. The molecule has 25 heavy (non-hydrogen) atoms. The van der Waals surface area contributed by atoms with Gasteiger partial charge in [0, 0.05) is 0 Å². The van der Waals surface area contributed by atoms with Crippen molar-refractivity contribution in [1.82, 2.24) is 0 Å². The van der Waals surface area contributed by atoms with E-state index in [-0.39, 0.29) is 83.6 Å². The van der Waals surface area contributed by atoms with Gasteiger partial charge in [-0.3, -0.25) is 0 Å². The van der Waals surface area contributed by atoms with Crippen LogP contribution in [0.3, 0.4) is 0 Å². The van der Waals surface area contributed by atoms with E-state index in [1.54, 1.807) is 13.8 Å². The molecule has 0 aromatic carbocycles. The number of aliphatic hydroxyl groups excluding tert-OH is 1. The molecule has 132 valence electrons. The molecule has 0 saturated carbocycles. The van der Waals surface area contributed by atoms with Crippen molar-refractivity contribution in [2.24, 2.45) is 0 Å². The second-order valence-corrected chi connectivity index (χ2v) is 4.21. The first kappa shape index (κ1) is 23.6. The number of cyclic esters (lactones) is 2. The maximum Gasteiger partial charge on any atom is 1.00 e. The molecule has 2 aliphatic rings. The molecule has 2 heterocycles. The summed E-state index contributed by atoms with van der Waals surface area (Å²) >= 11 is 0. The summed E-state index contributed by atoms with van der Waals surface area (Å²) in [4.78, 5) is 43.3.